The summed E-state index contributed by atoms with van der Waals surface area (Å²) in [5.41, 5.74) is 8.11. The number of hydrogen-bond acceptors (Lipinski definition) is 2. The van der Waals surface area contributed by atoms with E-state index in [9.17, 15) is 9.59 Å². The van der Waals surface area contributed by atoms with Crippen LogP contribution in [0.3, 0.4) is 0 Å². The number of Topliss-reactive ketones (excluding diaryl/α,β-unsaturated/α-hetero) is 2. The molecular weight excluding hydrogens is 180 g/mol. The lowest BCUT2D eigenvalue weighted by atomic mass is 9.85. The molecule has 1 rings (SSSR count). The summed E-state index contributed by atoms with van der Waals surface area (Å²) in [5.74, 6) is 0.488. The molecular formula is C10H14N2O2. The fourth-order valence-electron chi connectivity index (χ4n) is 1.84. The third-order valence-electron chi connectivity index (χ3n) is 2.59. The van der Waals surface area contributed by atoms with Gasteiger partial charge in [0.2, 0.25) is 5.78 Å². The third-order valence-corrected chi connectivity index (χ3v) is 2.59. The van der Waals surface area contributed by atoms with Crippen molar-refractivity contribution >= 4 is 17.8 Å². The molecule has 14 heavy (non-hydrogen) atoms. The Bertz CT molecular complexity index is 280. The molecule has 4 heteroatoms. The molecule has 0 saturated heterocycles. The topological polar surface area (TPSA) is 70.5 Å². The van der Waals surface area contributed by atoms with Crippen molar-refractivity contribution in [2.24, 2.45) is 5.92 Å². The minimum Gasteiger partial charge on any atom is -0.361 e. The highest BCUT2D eigenvalue weighted by molar-refractivity contribution is 6.25. The van der Waals surface area contributed by atoms with Gasteiger partial charge in [-0.1, -0.05) is 0 Å². The summed E-state index contributed by atoms with van der Waals surface area (Å²) in [4.78, 5) is 24.7. The van der Waals surface area contributed by atoms with Gasteiger partial charge < -0.3 is 5.53 Å². The van der Waals surface area contributed by atoms with Crippen LogP contribution in [0.4, 0.5) is 0 Å². The summed E-state index contributed by atoms with van der Waals surface area (Å²) in [6.07, 6.45) is 5.33. The van der Waals surface area contributed by atoms with Crippen molar-refractivity contribution in [2.45, 2.75) is 38.5 Å². The second kappa shape index (κ2) is 5.45. The van der Waals surface area contributed by atoms with Crippen LogP contribution < -0.4 is 0 Å². The van der Waals surface area contributed by atoms with Crippen LogP contribution in [-0.2, 0) is 9.59 Å². The van der Waals surface area contributed by atoms with Crippen LogP contribution in [0.1, 0.15) is 38.5 Å². The van der Waals surface area contributed by atoms with Crippen LogP contribution in [0.25, 0.3) is 5.53 Å². The quantitative estimate of drug-likeness (QED) is 0.385. The first-order valence-electron chi connectivity index (χ1n) is 4.94. The summed E-state index contributed by atoms with van der Waals surface area (Å²) in [6.45, 7) is 0. The first-order chi connectivity index (χ1) is 6.72. The van der Waals surface area contributed by atoms with E-state index in [0.717, 1.165) is 25.5 Å². The predicted octanol–water partition coefficient (Wildman–Crippen LogP) is 1.40. The minimum absolute atomic E-state index is 0.175. The summed E-state index contributed by atoms with van der Waals surface area (Å²) in [5, 5.41) is 0. The van der Waals surface area contributed by atoms with Crippen molar-refractivity contribution in [3.05, 3.63) is 5.53 Å². The summed E-state index contributed by atoms with van der Waals surface area (Å²) in [7, 11) is 0. The maximum Gasteiger partial charge on any atom is 0.323 e. The van der Waals surface area contributed by atoms with Gasteiger partial charge in [0.25, 0.3) is 0 Å². The molecule has 1 unspecified atom stereocenters. The molecule has 0 spiro atoms. The average molecular weight is 194 g/mol. The summed E-state index contributed by atoms with van der Waals surface area (Å²) in [6, 6.07) is 0. The second-order valence-electron chi connectivity index (χ2n) is 3.75. The van der Waals surface area contributed by atoms with Crippen LogP contribution in [-0.4, -0.2) is 22.6 Å². The van der Waals surface area contributed by atoms with Crippen LogP contribution in [0.15, 0.2) is 0 Å². The molecule has 0 aromatic carbocycles. The number of ketones is 2. The van der Waals surface area contributed by atoms with Crippen molar-refractivity contribution in [2.75, 3.05) is 0 Å². The number of nitrogens with zero attached hydrogens (tertiary/aromatic N) is 2. The first kappa shape index (κ1) is 10.8. The molecule has 0 amide bonds. The van der Waals surface area contributed by atoms with Crippen LogP contribution in [0, 0.1) is 5.92 Å². The van der Waals surface area contributed by atoms with Crippen molar-refractivity contribution in [1.29, 1.82) is 0 Å². The number of rotatable bonds is 4. The lowest BCUT2D eigenvalue weighted by Gasteiger charge is -2.19. The molecule has 1 atom stereocenters. The number of hydrogen-bond donors (Lipinski definition) is 0. The fourth-order valence-corrected chi connectivity index (χ4v) is 1.84. The predicted molar refractivity (Wildman–Crippen MR) is 50.9 cm³/mol. The van der Waals surface area contributed by atoms with Gasteiger partial charge in [-0.05, 0) is 25.2 Å². The van der Waals surface area contributed by atoms with E-state index in [4.69, 9.17) is 5.53 Å². The largest absolute Gasteiger partial charge is 0.361 e. The Hall–Kier alpha value is -1.28. The van der Waals surface area contributed by atoms with E-state index < -0.39 is 0 Å². The first-order valence-corrected chi connectivity index (χ1v) is 4.94. The van der Waals surface area contributed by atoms with Gasteiger partial charge >= 0.3 is 6.21 Å². The molecule has 0 N–H and O–H groups in total. The normalized spacial score (nSPS) is 21.4. The Kier molecular flexibility index (Phi) is 4.20. The third kappa shape index (κ3) is 3.62. The molecule has 1 aliphatic carbocycles. The van der Waals surface area contributed by atoms with Gasteiger partial charge in [0, 0.05) is 19.3 Å². The van der Waals surface area contributed by atoms with Gasteiger partial charge in [-0.15, -0.1) is 0 Å². The highest BCUT2D eigenvalue weighted by Gasteiger charge is 2.20. The molecule has 0 aromatic heterocycles. The summed E-state index contributed by atoms with van der Waals surface area (Å²) >= 11 is 0. The van der Waals surface area contributed by atoms with Gasteiger partial charge in [0.15, 0.2) is 0 Å². The molecule has 0 radical (unpaired) electrons. The van der Waals surface area contributed by atoms with Crippen molar-refractivity contribution in [3.63, 3.8) is 0 Å². The van der Waals surface area contributed by atoms with Gasteiger partial charge in [0.05, 0.1) is 0 Å². The van der Waals surface area contributed by atoms with Crippen molar-refractivity contribution in [1.82, 2.24) is 0 Å². The smallest absolute Gasteiger partial charge is 0.323 e. The molecule has 1 fully saturated rings. The maximum absolute atomic E-state index is 11.1. The molecule has 0 bridgehead atoms. The minimum atomic E-state index is -0.175. The second-order valence-corrected chi connectivity index (χ2v) is 3.75. The number of carbonyl (C=O) groups excluding carboxylic acids is 2. The van der Waals surface area contributed by atoms with E-state index >= 15 is 0 Å². The van der Waals surface area contributed by atoms with Crippen molar-refractivity contribution < 1.29 is 14.4 Å². The van der Waals surface area contributed by atoms with Crippen molar-refractivity contribution in [3.8, 4) is 0 Å². The van der Waals surface area contributed by atoms with Gasteiger partial charge in [-0.25, -0.2) is 0 Å². The lowest BCUT2D eigenvalue weighted by Crippen LogP contribution is -2.16. The van der Waals surface area contributed by atoms with E-state index in [1.807, 2.05) is 0 Å². The molecule has 76 valence electrons. The maximum atomic E-state index is 11.1. The Morgan fingerprint density at radius 1 is 1.64 bits per heavy atom. The Balaban J connectivity index is 2.27. The Morgan fingerprint density at radius 3 is 3.07 bits per heavy atom. The van der Waals surface area contributed by atoms with Gasteiger partial charge in [0.1, 0.15) is 5.78 Å². The standard InChI is InChI=1S/C10H14N2O2/c11-12-7-10(14)5-4-8-2-1-3-9(13)6-8/h7-8H,1-6H2. The lowest BCUT2D eigenvalue weighted by molar-refractivity contribution is -0.122. The molecule has 1 aliphatic rings. The zero-order chi connectivity index (χ0) is 10.4. The SMILES string of the molecule is [N-]=[N+]=CC(=O)CCC1CCCC(=O)C1. The Labute approximate surface area is 82.9 Å². The van der Waals surface area contributed by atoms with Crippen LogP contribution in [0.2, 0.25) is 0 Å². The molecule has 4 nitrogen and oxygen atoms in total. The molecule has 0 aliphatic heterocycles. The monoisotopic (exact) mass is 194 g/mol. The highest BCUT2D eigenvalue weighted by atomic mass is 16.1. The molecule has 1 saturated carbocycles. The molecule has 0 aromatic rings. The van der Waals surface area contributed by atoms with E-state index in [2.05, 4.69) is 4.79 Å². The van der Waals surface area contributed by atoms with Gasteiger partial charge in [-0.3, -0.25) is 9.59 Å². The number of carbonyl (C=O) groups is 2. The van der Waals surface area contributed by atoms with E-state index in [1.54, 1.807) is 0 Å². The fraction of sp³-hybridized carbons (Fsp3) is 0.700. The van der Waals surface area contributed by atoms with E-state index in [1.165, 1.54) is 0 Å². The van der Waals surface area contributed by atoms with Crippen LogP contribution >= 0.6 is 0 Å². The van der Waals surface area contributed by atoms with E-state index in [0.29, 0.717) is 31.0 Å². The Morgan fingerprint density at radius 2 is 2.43 bits per heavy atom. The molecule has 0 heterocycles. The van der Waals surface area contributed by atoms with Crippen LogP contribution in [0.5, 0.6) is 0 Å². The average Bonchev–Trinajstić information content (AvgIpc) is 2.15. The zero-order valence-corrected chi connectivity index (χ0v) is 8.11. The highest BCUT2D eigenvalue weighted by Crippen LogP contribution is 2.25. The van der Waals surface area contributed by atoms with E-state index in [-0.39, 0.29) is 5.78 Å². The summed E-state index contributed by atoms with van der Waals surface area (Å²) < 4.78 is 0. The van der Waals surface area contributed by atoms with Gasteiger partial charge in [-0.2, -0.15) is 4.79 Å². The zero-order valence-electron chi connectivity index (χ0n) is 8.11.